The number of carbonyl (C=O) groups excluding carboxylic acids is 3. The summed E-state index contributed by atoms with van der Waals surface area (Å²) in [5.74, 6) is -1.13. The second-order valence-electron chi connectivity index (χ2n) is 7.67. The normalized spacial score (nSPS) is 14.7. The highest BCUT2D eigenvalue weighted by Crippen LogP contribution is 2.28. The van der Waals surface area contributed by atoms with Crippen molar-refractivity contribution >= 4 is 46.9 Å². The van der Waals surface area contributed by atoms with E-state index in [-0.39, 0.29) is 23.6 Å². The molecule has 176 valence electrons. The zero-order valence-corrected chi connectivity index (χ0v) is 19.1. The number of barbiturate groups is 1. The molecule has 1 aliphatic heterocycles. The number of ether oxygens (including phenoxy) is 1. The van der Waals surface area contributed by atoms with Crippen LogP contribution in [0.25, 0.3) is 6.08 Å². The van der Waals surface area contributed by atoms with Gasteiger partial charge in [0.2, 0.25) is 0 Å². The van der Waals surface area contributed by atoms with Crippen LogP contribution in [0.5, 0.6) is 5.75 Å². The number of imide groups is 2. The minimum Gasteiger partial charge on any atom is -0.489 e. The molecule has 1 aliphatic rings. The predicted molar refractivity (Wildman–Crippen MR) is 129 cm³/mol. The molecule has 1 fully saturated rings. The van der Waals surface area contributed by atoms with E-state index in [1.54, 1.807) is 55.5 Å². The summed E-state index contributed by atoms with van der Waals surface area (Å²) in [6.07, 6.45) is 1.37. The number of hydrogen-bond donors (Lipinski definition) is 1. The van der Waals surface area contributed by atoms with Crippen molar-refractivity contribution in [1.29, 1.82) is 0 Å². The minimum atomic E-state index is -0.859. The largest absolute Gasteiger partial charge is 0.489 e. The molecule has 0 spiro atoms. The number of nitro groups is 1. The van der Waals surface area contributed by atoms with Gasteiger partial charge in [0.15, 0.2) is 0 Å². The second-order valence-corrected chi connectivity index (χ2v) is 8.11. The summed E-state index contributed by atoms with van der Waals surface area (Å²) in [7, 11) is 0. The summed E-state index contributed by atoms with van der Waals surface area (Å²) >= 11 is 6.04. The molecule has 1 heterocycles. The summed E-state index contributed by atoms with van der Waals surface area (Å²) in [6.45, 7) is 1.88. The topological polar surface area (TPSA) is 119 Å². The average Bonchev–Trinajstić information content (AvgIpc) is 2.83. The fourth-order valence-electron chi connectivity index (χ4n) is 3.44. The summed E-state index contributed by atoms with van der Waals surface area (Å²) in [4.78, 5) is 49.2. The van der Waals surface area contributed by atoms with Crippen molar-refractivity contribution in [3.8, 4) is 5.75 Å². The Kier molecular flexibility index (Phi) is 6.61. The Morgan fingerprint density at radius 1 is 1.06 bits per heavy atom. The van der Waals surface area contributed by atoms with Gasteiger partial charge in [-0.25, -0.2) is 9.69 Å². The van der Waals surface area contributed by atoms with Crippen LogP contribution in [0.3, 0.4) is 0 Å². The van der Waals surface area contributed by atoms with E-state index in [2.05, 4.69) is 5.32 Å². The van der Waals surface area contributed by atoms with Gasteiger partial charge in [0.05, 0.1) is 10.6 Å². The van der Waals surface area contributed by atoms with Gasteiger partial charge in [0.1, 0.15) is 17.9 Å². The lowest BCUT2D eigenvalue weighted by molar-refractivity contribution is -0.384. The van der Waals surface area contributed by atoms with E-state index in [0.29, 0.717) is 21.9 Å². The van der Waals surface area contributed by atoms with Gasteiger partial charge in [-0.15, -0.1) is 0 Å². The standard InChI is InChI=1S/C25H18ClN3O6/c1-15-5-8-18(26)13-22(15)28-24(31)21(23(30)27-25(28)32)12-17-3-2-4-20(11-17)35-14-16-6-9-19(10-7-16)29(33)34/h2-13H,14H2,1H3,(H,27,30,32)/b21-12-. The number of hydrogen-bond acceptors (Lipinski definition) is 6. The first-order valence-electron chi connectivity index (χ1n) is 10.4. The molecule has 3 aromatic carbocycles. The number of carbonyl (C=O) groups is 3. The second kappa shape index (κ2) is 9.78. The Morgan fingerprint density at radius 2 is 1.80 bits per heavy atom. The zero-order chi connectivity index (χ0) is 25.1. The molecule has 0 bridgehead atoms. The Labute approximate surface area is 204 Å². The lowest BCUT2D eigenvalue weighted by atomic mass is 10.1. The van der Waals surface area contributed by atoms with Crippen molar-refractivity contribution in [2.75, 3.05) is 4.90 Å². The third-order valence-electron chi connectivity index (χ3n) is 5.24. The highest BCUT2D eigenvalue weighted by atomic mass is 35.5. The monoisotopic (exact) mass is 491 g/mol. The Morgan fingerprint density at radius 3 is 2.51 bits per heavy atom. The van der Waals surface area contributed by atoms with E-state index in [0.717, 1.165) is 10.5 Å². The van der Waals surface area contributed by atoms with Crippen molar-refractivity contribution in [2.24, 2.45) is 0 Å². The van der Waals surface area contributed by atoms with Crippen LogP contribution in [0.2, 0.25) is 5.02 Å². The quantitative estimate of drug-likeness (QED) is 0.229. The van der Waals surface area contributed by atoms with Gasteiger partial charge in [0, 0.05) is 17.2 Å². The molecule has 0 aromatic heterocycles. The lowest BCUT2D eigenvalue weighted by Crippen LogP contribution is -2.54. The molecule has 0 aliphatic carbocycles. The molecule has 0 saturated carbocycles. The Hall–Kier alpha value is -4.50. The zero-order valence-electron chi connectivity index (χ0n) is 18.4. The van der Waals surface area contributed by atoms with Crippen molar-refractivity contribution in [2.45, 2.75) is 13.5 Å². The SMILES string of the molecule is Cc1ccc(Cl)cc1N1C(=O)NC(=O)/C(=C/c2cccc(OCc3ccc([N+](=O)[O-])cc3)c2)C1=O. The maximum Gasteiger partial charge on any atom is 0.335 e. The van der Waals surface area contributed by atoms with E-state index in [4.69, 9.17) is 16.3 Å². The van der Waals surface area contributed by atoms with Crippen LogP contribution in [0, 0.1) is 17.0 Å². The summed E-state index contributed by atoms with van der Waals surface area (Å²) in [5.41, 5.74) is 1.90. The fraction of sp³-hybridized carbons (Fsp3) is 0.0800. The van der Waals surface area contributed by atoms with Crippen molar-refractivity contribution in [3.63, 3.8) is 0 Å². The first-order chi connectivity index (χ1) is 16.7. The Balaban J connectivity index is 1.56. The van der Waals surface area contributed by atoms with Gasteiger partial charge in [-0.3, -0.25) is 25.0 Å². The molecule has 0 unspecified atom stereocenters. The molecule has 0 atom stereocenters. The number of nitro benzene ring substituents is 1. The van der Waals surface area contributed by atoms with Gasteiger partial charge in [-0.05, 0) is 66.1 Å². The first-order valence-corrected chi connectivity index (χ1v) is 10.7. The van der Waals surface area contributed by atoms with E-state index >= 15 is 0 Å². The number of nitrogens with one attached hydrogen (secondary N) is 1. The molecule has 35 heavy (non-hydrogen) atoms. The molecule has 9 nitrogen and oxygen atoms in total. The summed E-state index contributed by atoms with van der Waals surface area (Å²) in [6, 6.07) is 16.6. The van der Waals surface area contributed by atoms with Crippen LogP contribution >= 0.6 is 11.6 Å². The number of non-ortho nitro benzene ring substituents is 1. The molecule has 4 rings (SSSR count). The molecule has 1 N–H and O–H groups in total. The summed E-state index contributed by atoms with van der Waals surface area (Å²) < 4.78 is 5.75. The predicted octanol–water partition coefficient (Wildman–Crippen LogP) is 4.80. The van der Waals surface area contributed by atoms with Crippen molar-refractivity contribution in [1.82, 2.24) is 5.32 Å². The van der Waals surface area contributed by atoms with Crippen LogP contribution in [0.4, 0.5) is 16.2 Å². The fourth-order valence-corrected chi connectivity index (χ4v) is 3.61. The van der Waals surface area contributed by atoms with E-state index in [9.17, 15) is 24.5 Å². The van der Waals surface area contributed by atoms with Gasteiger partial charge < -0.3 is 4.74 Å². The molecular formula is C25H18ClN3O6. The molecule has 1 saturated heterocycles. The molecule has 3 aromatic rings. The number of nitrogens with zero attached hydrogens (tertiary/aromatic N) is 2. The number of aryl methyl sites for hydroxylation is 1. The molecule has 10 heteroatoms. The van der Waals surface area contributed by atoms with Crippen LogP contribution in [-0.2, 0) is 16.2 Å². The van der Waals surface area contributed by atoms with Crippen LogP contribution in [0.15, 0.2) is 72.3 Å². The molecular weight excluding hydrogens is 474 g/mol. The van der Waals surface area contributed by atoms with Gasteiger partial charge in [-0.2, -0.15) is 0 Å². The third kappa shape index (κ3) is 5.20. The smallest absolute Gasteiger partial charge is 0.335 e. The average molecular weight is 492 g/mol. The number of halogens is 1. The number of rotatable bonds is 6. The van der Waals surface area contributed by atoms with E-state index in [1.807, 2.05) is 0 Å². The molecule has 0 radical (unpaired) electrons. The Bertz CT molecular complexity index is 1380. The van der Waals surface area contributed by atoms with Gasteiger partial charge in [0.25, 0.3) is 17.5 Å². The van der Waals surface area contributed by atoms with Gasteiger partial charge >= 0.3 is 6.03 Å². The van der Waals surface area contributed by atoms with Crippen LogP contribution in [0.1, 0.15) is 16.7 Å². The highest BCUT2D eigenvalue weighted by Gasteiger charge is 2.37. The lowest BCUT2D eigenvalue weighted by Gasteiger charge is -2.27. The van der Waals surface area contributed by atoms with Crippen molar-refractivity contribution in [3.05, 3.63) is 104 Å². The third-order valence-corrected chi connectivity index (χ3v) is 5.47. The summed E-state index contributed by atoms with van der Waals surface area (Å²) in [5, 5.41) is 13.3. The van der Waals surface area contributed by atoms with Gasteiger partial charge in [-0.1, -0.05) is 29.8 Å². The highest BCUT2D eigenvalue weighted by molar-refractivity contribution is 6.39. The van der Waals surface area contributed by atoms with Crippen LogP contribution in [-0.4, -0.2) is 22.8 Å². The number of anilines is 1. The first kappa shape index (κ1) is 23.7. The van der Waals surface area contributed by atoms with E-state index in [1.165, 1.54) is 24.3 Å². The van der Waals surface area contributed by atoms with Crippen molar-refractivity contribution < 1.29 is 24.0 Å². The maximum absolute atomic E-state index is 13.1. The van der Waals surface area contributed by atoms with E-state index < -0.39 is 22.8 Å². The number of amides is 4. The number of benzene rings is 3. The van der Waals surface area contributed by atoms with Crippen LogP contribution < -0.4 is 15.0 Å². The minimum absolute atomic E-state index is 0.0155. The maximum atomic E-state index is 13.1. The molecule has 4 amide bonds. The number of urea groups is 1.